The zero-order valence-corrected chi connectivity index (χ0v) is 24.5. The lowest BCUT2D eigenvalue weighted by Gasteiger charge is -2.37. The van der Waals surface area contributed by atoms with Gasteiger partial charge in [-0.05, 0) is 55.9 Å². The van der Waals surface area contributed by atoms with E-state index in [1.807, 2.05) is 98.8 Å². The first-order valence-corrected chi connectivity index (χ1v) is 14.6. The fraction of sp³-hybridized carbons (Fsp3) is 0.382. The van der Waals surface area contributed by atoms with Gasteiger partial charge >= 0.3 is 12.1 Å². The highest BCUT2D eigenvalue weighted by Crippen LogP contribution is 2.29. The third-order valence-electron chi connectivity index (χ3n) is 7.38. The predicted octanol–water partition coefficient (Wildman–Crippen LogP) is 5.60. The van der Waals surface area contributed by atoms with Crippen LogP contribution in [-0.2, 0) is 43.2 Å². The lowest BCUT2D eigenvalue weighted by atomic mass is 9.91. The monoisotopic (exact) mass is 572 g/mol. The molecule has 8 nitrogen and oxygen atoms in total. The second kappa shape index (κ2) is 15.2. The Morgan fingerprint density at radius 1 is 0.881 bits per heavy atom. The first kappa shape index (κ1) is 30.8. The van der Waals surface area contributed by atoms with Gasteiger partial charge in [-0.3, -0.25) is 14.9 Å². The average Bonchev–Trinajstić information content (AvgIpc) is 3.00. The van der Waals surface area contributed by atoms with E-state index in [1.165, 1.54) is 0 Å². The maximum Gasteiger partial charge on any atom is 0.510 e. The van der Waals surface area contributed by atoms with Gasteiger partial charge in [-0.15, -0.1) is 0 Å². The number of esters is 1. The summed E-state index contributed by atoms with van der Waals surface area (Å²) >= 11 is 0. The van der Waals surface area contributed by atoms with Crippen LogP contribution in [0, 0.1) is 5.92 Å². The number of hydrogen-bond acceptors (Lipinski definition) is 7. The van der Waals surface area contributed by atoms with Crippen LogP contribution in [0.3, 0.4) is 0 Å². The number of nitrogens with one attached hydrogen (secondary N) is 1. The topological polar surface area (TPSA) is 94.2 Å². The van der Waals surface area contributed by atoms with E-state index in [4.69, 9.17) is 14.2 Å². The summed E-state index contributed by atoms with van der Waals surface area (Å²) in [6, 6.07) is 26.0. The van der Waals surface area contributed by atoms with E-state index < -0.39 is 24.3 Å². The van der Waals surface area contributed by atoms with Crippen molar-refractivity contribution in [1.29, 1.82) is 0 Å². The molecule has 42 heavy (non-hydrogen) atoms. The van der Waals surface area contributed by atoms with Gasteiger partial charge in [-0.25, -0.2) is 4.79 Å². The van der Waals surface area contributed by atoms with E-state index in [-0.39, 0.29) is 37.7 Å². The predicted molar refractivity (Wildman–Crippen MR) is 159 cm³/mol. The number of carbonyl (C=O) groups is 3. The zero-order valence-electron chi connectivity index (χ0n) is 24.5. The minimum absolute atomic E-state index is 0.0880. The molecule has 1 aliphatic rings. The van der Waals surface area contributed by atoms with Gasteiger partial charge in [-0.1, -0.05) is 84.9 Å². The molecule has 3 atom stereocenters. The molecule has 0 fully saturated rings. The number of ether oxygens (including phenoxy) is 3. The van der Waals surface area contributed by atoms with Crippen molar-refractivity contribution in [1.82, 2.24) is 10.2 Å². The molecular weight excluding hydrogens is 532 g/mol. The quantitative estimate of drug-likeness (QED) is 0.282. The van der Waals surface area contributed by atoms with Crippen molar-refractivity contribution >= 4 is 18.0 Å². The number of carbonyl (C=O) groups excluding carboxylic acids is 3. The van der Waals surface area contributed by atoms with Crippen molar-refractivity contribution < 1.29 is 28.6 Å². The van der Waals surface area contributed by atoms with E-state index in [0.717, 1.165) is 22.3 Å². The molecule has 0 saturated carbocycles. The largest absolute Gasteiger partial charge is 0.510 e. The van der Waals surface area contributed by atoms with Crippen LogP contribution in [0.4, 0.5) is 4.79 Å². The molecule has 0 bridgehead atoms. The van der Waals surface area contributed by atoms with E-state index in [0.29, 0.717) is 19.3 Å². The van der Waals surface area contributed by atoms with E-state index in [9.17, 15) is 14.4 Å². The fourth-order valence-electron chi connectivity index (χ4n) is 5.17. The summed E-state index contributed by atoms with van der Waals surface area (Å²) in [5, 5.41) is 3.23. The number of amides is 1. The SMILES string of the molecule is CCOC(=O)C(CCc1ccccc1)CN(C(=O)C1N[C@@H](OC(=O)OCc2ccccc2)Cc2ccccc21)C(C)C. The molecule has 3 aromatic rings. The van der Waals surface area contributed by atoms with Crippen LogP contribution >= 0.6 is 0 Å². The van der Waals surface area contributed by atoms with Gasteiger partial charge in [0.1, 0.15) is 12.6 Å². The first-order valence-electron chi connectivity index (χ1n) is 14.6. The number of hydrogen-bond donors (Lipinski definition) is 1. The Morgan fingerprint density at radius 2 is 1.52 bits per heavy atom. The molecule has 0 saturated heterocycles. The number of fused-ring (bicyclic) bond motifs is 1. The molecule has 222 valence electrons. The number of nitrogens with zero attached hydrogens (tertiary/aromatic N) is 1. The van der Waals surface area contributed by atoms with Crippen molar-refractivity contribution in [3.8, 4) is 0 Å². The first-order chi connectivity index (χ1) is 20.4. The Balaban J connectivity index is 1.48. The molecule has 0 aliphatic carbocycles. The number of aryl methyl sites for hydroxylation is 1. The highest BCUT2D eigenvalue weighted by molar-refractivity contribution is 5.85. The summed E-state index contributed by atoms with van der Waals surface area (Å²) in [6.07, 6.45) is 0.0594. The molecule has 3 aromatic carbocycles. The summed E-state index contributed by atoms with van der Waals surface area (Å²) in [7, 11) is 0. The summed E-state index contributed by atoms with van der Waals surface area (Å²) in [5.41, 5.74) is 3.70. The smallest absolute Gasteiger partial charge is 0.466 e. The van der Waals surface area contributed by atoms with Crippen LogP contribution in [0.15, 0.2) is 84.9 Å². The van der Waals surface area contributed by atoms with Gasteiger partial charge in [0, 0.05) is 19.0 Å². The molecule has 0 radical (unpaired) electrons. The maximum absolute atomic E-state index is 14.2. The van der Waals surface area contributed by atoms with Gasteiger partial charge in [0.05, 0.1) is 12.5 Å². The second-order valence-corrected chi connectivity index (χ2v) is 10.7. The molecule has 1 heterocycles. The van der Waals surface area contributed by atoms with E-state index in [2.05, 4.69) is 5.32 Å². The second-order valence-electron chi connectivity index (χ2n) is 10.7. The zero-order chi connectivity index (χ0) is 29.9. The minimum atomic E-state index is -0.814. The highest BCUT2D eigenvalue weighted by Gasteiger charge is 2.37. The van der Waals surface area contributed by atoms with Crippen LogP contribution in [0.5, 0.6) is 0 Å². The Kier molecular flexibility index (Phi) is 11.1. The lowest BCUT2D eigenvalue weighted by Crippen LogP contribution is -2.52. The van der Waals surface area contributed by atoms with E-state index in [1.54, 1.807) is 11.8 Å². The van der Waals surface area contributed by atoms with Crippen LogP contribution in [0.25, 0.3) is 0 Å². The van der Waals surface area contributed by atoms with Gasteiger partial charge in [0.2, 0.25) is 5.91 Å². The molecule has 1 aliphatic heterocycles. The Morgan fingerprint density at radius 3 is 2.19 bits per heavy atom. The Hall–Kier alpha value is -4.17. The molecule has 1 amide bonds. The van der Waals surface area contributed by atoms with Crippen LogP contribution in [-0.4, -0.2) is 48.4 Å². The van der Waals surface area contributed by atoms with Crippen LogP contribution in [0.2, 0.25) is 0 Å². The van der Waals surface area contributed by atoms with Crippen molar-refractivity contribution in [2.45, 2.75) is 65.0 Å². The summed E-state index contributed by atoms with van der Waals surface area (Å²) < 4.78 is 16.3. The molecule has 2 unspecified atom stereocenters. The average molecular weight is 573 g/mol. The van der Waals surface area contributed by atoms with Crippen LogP contribution < -0.4 is 5.32 Å². The standard InChI is InChI=1S/C34H40N2O6/c1-4-40-33(38)28(20-19-25-13-7-5-8-14-25)22-36(24(2)3)32(37)31-29-18-12-11-17-27(29)21-30(35-31)42-34(39)41-23-26-15-9-6-10-16-26/h5-18,24,28,30-31,35H,4,19-23H2,1-3H3/t28?,30-,31?/m0/s1. The molecular formula is C34H40N2O6. The van der Waals surface area contributed by atoms with Crippen molar-refractivity contribution in [2.75, 3.05) is 13.2 Å². The summed E-state index contributed by atoms with van der Waals surface area (Å²) in [5.74, 6) is -1.00. The fourth-order valence-corrected chi connectivity index (χ4v) is 5.17. The molecule has 0 spiro atoms. The van der Waals surface area contributed by atoms with Gasteiger partial charge in [0.25, 0.3) is 0 Å². The maximum atomic E-state index is 14.2. The van der Waals surface area contributed by atoms with Crippen LogP contribution in [0.1, 0.15) is 55.5 Å². The van der Waals surface area contributed by atoms with Gasteiger partial charge < -0.3 is 19.1 Å². The highest BCUT2D eigenvalue weighted by atomic mass is 16.7. The summed E-state index contributed by atoms with van der Waals surface area (Å²) in [6.45, 7) is 6.22. The van der Waals surface area contributed by atoms with Crippen molar-refractivity contribution in [2.24, 2.45) is 5.92 Å². The third kappa shape index (κ3) is 8.42. The summed E-state index contributed by atoms with van der Waals surface area (Å²) in [4.78, 5) is 41.5. The van der Waals surface area contributed by atoms with Gasteiger partial charge in [0.15, 0.2) is 6.23 Å². The van der Waals surface area contributed by atoms with Gasteiger partial charge in [-0.2, -0.15) is 0 Å². The normalized spacial score (nSPS) is 16.7. The van der Waals surface area contributed by atoms with E-state index >= 15 is 0 Å². The minimum Gasteiger partial charge on any atom is -0.466 e. The van der Waals surface area contributed by atoms with Crippen molar-refractivity contribution in [3.63, 3.8) is 0 Å². The molecule has 1 N–H and O–H groups in total. The third-order valence-corrected chi connectivity index (χ3v) is 7.38. The Labute approximate surface area is 248 Å². The Bertz CT molecular complexity index is 1310. The molecule has 4 rings (SSSR count). The molecule has 8 heteroatoms. The lowest BCUT2D eigenvalue weighted by molar-refractivity contribution is -0.150. The number of benzene rings is 3. The number of rotatable bonds is 12. The van der Waals surface area contributed by atoms with Crippen molar-refractivity contribution in [3.05, 3.63) is 107 Å². The molecule has 0 aromatic heterocycles.